The summed E-state index contributed by atoms with van der Waals surface area (Å²) >= 11 is 0. The van der Waals surface area contributed by atoms with Crippen molar-refractivity contribution in [3.8, 4) is 0 Å². The smallest absolute Gasteiger partial charge is 0.309 e. The van der Waals surface area contributed by atoms with Crippen LogP contribution in [0.5, 0.6) is 0 Å². The Balaban J connectivity index is 1.42. The number of carboxylic acids is 1. The van der Waals surface area contributed by atoms with E-state index in [0.29, 0.717) is 29.7 Å². The summed E-state index contributed by atoms with van der Waals surface area (Å²) in [5.41, 5.74) is 0.913. The first-order valence-electron chi connectivity index (χ1n) is 17.4. The predicted octanol–water partition coefficient (Wildman–Crippen LogP) is 7.43. The Labute approximate surface area is 270 Å². The molecule has 5 rings (SSSR count). The number of fused-ring (bicyclic) bond motifs is 7. The maximum Gasteiger partial charge on any atom is 0.309 e. The Morgan fingerprint density at radius 3 is 2.22 bits per heavy atom. The van der Waals surface area contributed by atoms with Crippen LogP contribution in [0.25, 0.3) is 0 Å². The van der Waals surface area contributed by atoms with Crippen molar-refractivity contribution in [2.75, 3.05) is 0 Å². The van der Waals surface area contributed by atoms with Gasteiger partial charge in [-0.15, -0.1) is 0 Å². The standard InChI is InChI=1S/C38H57NO6/c1-21(2)30-25(40)19-38(39-32(42)22(3)4)18-13-24-23(31(30)38)11-12-27-36(24,9)16-14-26-35(7,8)28(15-17-37(26,27)10)45-29(41)20-34(5,6)33(43)44/h21,23-24,26-28H,3,11-20H2,1-2,4-10H3,(H,39,42)(H,43,44). The number of allylic oxidation sites excluding steroid dienone is 1. The Hall–Kier alpha value is -2.44. The van der Waals surface area contributed by atoms with Gasteiger partial charge in [-0.3, -0.25) is 19.2 Å². The lowest BCUT2D eigenvalue weighted by Crippen LogP contribution is -2.64. The van der Waals surface area contributed by atoms with Crippen molar-refractivity contribution in [3.05, 3.63) is 23.3 Å². The summed E-state index contributed by atoms with van der Waals surface area (Å²) in [4.78, 5) is 51.2. The first kappa shape index (κ1) is 33.9. The molecule has 5 aliphatic carbocycles. The van der Waals surface area contributed by atoms with E-state index in [2.05, 4.69) is 53.4 Å². The molecule has 5 aliphatic rings. The maximum absolute atomic E-state index is 13.6. The molecule has 0 heterocycles. The van der Waals surface area contributed by atoms with E-state index >= 15 is 0 Å². The zero-order valence-electron chi connectivity index (χ0n) is 29.2. The van der Waals surface area contributed by atoms with Crippen LogP contribution in [0.3, 0.4) is 0 Å². The highest BCUT2D eigenvalue weighted by molar-refractivity contribution is 6.03. The first-order chi connectivity index (χ1) is 20.7. The summed E-state index contributed by atoms with van der Waals surface area (Å²) in [6.07, 6.45) is 7.84. The van der Waals surface area contributed by atoms with E-state index in [1.807, 2.05) is 0 Å². The Bertz CT molecular complexity index is 1340. The van der Waals surface area contributed by atoms with Gasteiger partial charge >= 0.3 is 11.9 Å². The number of hydrogen-bond donors (Lipinski definition) is 2. The molecular weight excluding hydrogens is 566 g/mol. The average Bonchev–Trinajstić information content (AvgIpc) is 3.21. The highest BCUT2D eigenvalue weighted by Crippen LogP contribution is 2.72. The van der Waals surface area contributed by atoms with Crippen LogP contribution in [-0.4, -0.2) is 40.4 Å². The minimum absolute atomic E-state index is 0.0914. The van der Waals surface area contributed by atoms with Crippen molar-refractivity contribution in [2.45, 2.75) is 138 Å². The van der Waals surface area contributed by atoms with Gasteiger partial charge in [0.25, 0.3) is 0 Å². The molecule has 0 bridgehead atoms. The van der Waals surface area contributed by atoms with Gasteiger partial charge in [-0.05, 0) is 124 Å². The number of amides is 1. The van der Waals surface area contributed by atoms with Crippen LogP contribution >= 0.6 is 0 Å². The van der Waals surface area contributed by atoms with E-state index < -0.39 is 22.9 Å². The van der Waals surface area contributed by atoms with E-state index in [1.54, 1.807) is 20.8 Å². The van der Waals surface area contributed by atoms with E-state index in [4.69, 9.17) is 4.74 Å². The van der Waals surface area contributed by atoms with Crippen LogP contribution in [0.4, 0.5) is 0 Å². The fourth-order valence-electron chi connectivity index (χ4n) is 11.6. The van der Waals surface area contributed by atoms with Gasteiger partial charge in [0.05, 0.1) is 17.4 Å². The second kappa shape index (κ2) is 11.1. The molecule has 250 valence electrons. The van der Waals surface area contributed by atoms with Gasteiger partial charge in [-0.25, -0.2) is 0 Å². The SMILES string of the molecule is C=C(C)C(=O)NC12CCC3C(CCC4C3(C)CCC3C(C)(C)C(OC(=O)CC(C)(C)C(=O)O)CCC34C)C1=C(C(C)C)C(=O)C2. The lowest BCUT2D eigenvalue weighted by atomic mass is 9.37. The summed E-state index contributed by atoms with van der Waals surface area (Å²) in [7, 11) is 0. The molecule has 4 fully saturated rings. The minimum Gasteiger partial charge on any atom is -0.481 e. The Morgan fingerprint density at radius 2 is 1.62 bits per heavy atom. The number of esters is 1. The zero-order valence-corrected chi connectivity index (χ0v) is 29.2. The van der Waals surface area contributed by atoms with Crippen molar-refractivity contribution in [3.63, 3.8) is 0 Å². The van der Waals surface area contributed by atoms with Crippen molar-refractivity contribution < 1.29 is 29.0 Å². The van der Waals surface area contributed by atoms with Crippen molar-refractivity contribution in [2.24, 2.45) is 51.2 Å². The number of Topliss-reactive ketones (excluding diaryl/α,β-unsaturated/α-hetero) is 1. The number of carbonyl (C=O) groups is 4. The maximum atomic E-state index is 13.6. The molecular formula is C38H57NO6. The summed E-state index contributed by atoms with van der Waals surface area (Å²) in [5.74, 6) is 0.402. The predicted molar refractivity (Wildman–Crippen MR) is 174 cm³/mol. The van der Waals surface area contributed by atoms with Crippen molar-refractivity contribution in [1.82, 2.24) is 5.32 Å². The summed E-state index contributed by atoms with van der Waals surface area (Å²) in [6, 6.07) is 0. The van der Waals surface area contributed by atoms with Gasteiger partial charge in [0.2, 0.25) is 5.91 Å². The fraction of sp³-hybridized carbons (Fsp3) is 0.789. The van der Waals surface area contributed by atoms with E-state index in [0.717, 1.165) is 56.9 Å². The number of hydrogen-bond acceptors (Lipinski definition) is 5. The molecule has 0 saturated heterocycles. The molecule has 2 N–H and O–H groups in total. The number of aliphatic carboxylic acids is 1. The monoisotopic (exact) mass is 623 g/mol. The molecule has 0 aromatic carbocycles. The van der Waals surface area contributed by atoms with Gasteiger partial charge in [0.15, 0.2) is 5.78 Å². The largest absolute Gasteiger partial charge is 0.481 e. The zero-order chi connectivity index (χ0) is 33.5. The van der Waals surface area contributed by atoms with Gasteiger partial charge in [0, 0.05) is 17.4 Å². The van der Waals surface area contributed by atoms with Crippen LogP contribution in [0.2, 0.25) is 0 Å². The van der Waals surface area contributed by atoms with Crippen LogP contribution in [0.1, 0.15) is 127 Å². The highest BCUT2D eigenvalue weighted by Gasteiger charge is 2.67. The molecule has 0 aliphatic heterocycles. The van der Waals surface area contributed by atoms with Gasteiger partial charge < -0.3 is 15.2 Å². The summed E-state index contributed by atoms with van der Waals surface area (Å²) < 4.78 is 6.10. The summed E-state index contributed by atoms with van der Waals surface area (Å²) in [6.45, 7) is 22.5. The lowest BCUT2D eigenvalue weighted by molar-refractivity contribution is -0.213. The third-order valence-electron chi connectivity index (χ3n) is 13.7. The van der Waals surface area contributed by atoms with Crippen molar-refractivity contribution in [1.29, 1.82) is 0 Å². The van der Waals surface area contributed by atoms with Crippen LogP contribution < -0.4 is 5.32 Å². The Kier molecular flexibility index (Phi) is 8.35. The van der Waals surface area contributed by atoms with Gasteiger partial charge in [0.1, 0.15) is 6.10 Å². The molecule has 45 heavy (non-hydrogen) atoms. The molecule has 4 saturated carbocycles. The fourth-order valence-corrected chi connectivity index (χ4v) is 11.6. The Morgan fingerprint density at radius 1 is 0.978 bits per heavy atom. The second-order valence-corrected chi connectivity index (χ2v) is 17.6. The topological polar surface area (TPSA) is 110 Å². The molecule has 1 amide bonds. The lowest BCUT2D eigenvalue weighted by Gasteiger charge is -2.68. The number of ether oxygens (including phenoxy) is 1. The first-order valence-corrected chi connectivity index (χ1v) is 17.4. The number of nitrogens with one attached hydrogen (secondary N) is 1. The third-order valence-corrected chi connectivity index (χ3v) is 13.7. The second-order valence-electron chi connectivity index (χ2n) is 17.6. The normalized spacial score (nSPS) is 38.9. The van der Waals surface area contributed by atoms with Crippen molar-refractivity contribution >= 4 is 23.6 Å². The van der Waals surface area contributed by atoms with E-state index in [9.17, 15) is 24.3 Å². The number of carbonyl (C=O) groups excluding carboxylic acids is 3. The van der Waals surface area contributed by atoms with Gasteiger partial charge in [-0.2, -0.15) is 0 Å². The number of carboxylic acid groups (broad SMARTS) is 1. The van der Waals surface area contributed by atoms with E-state index in [1.165, 1.54) is 5.57 Å². The number of ketones is 1. The number of rotatable bonds is 7. The molecule has 8 unspecified atom stereocenters. The molecule has 0 radical (unpaired) electrons. The average molecular weight is 624 g/mol. The molecule has 8 atom stereocenters. The quantitative estimate of drug-likeness (QED) is 0.225. The van der Waals surface area contributed by atoms with Gasteiger partial charge in [-0.1, -0.05) is 48.1 Å². The molecule has 7 heteroatoms. The van der Waals surface area contributed by atoms with Crippen LogP contribution in [-0.2, 0) is 23.9 Å². The molecule has 7 nitrogen and oxygen atoms in total. The van der Waals surface area contributed by atoms with E-state index in [-0.39, 0.29) is 52.3 Å². The minimum atomic E-state index is -1.16. The third kappa shape index (κ3) is 5.23. The summed E-state index contributed by atoms with van der Waals surface area (Å²) in [5, 5.41) is 12.9. The van der Waals surface area contributed by atoms with Crippen LogP contribution in [0, 0.1) is 51.2 Å². The van der Waals surface area contributed by atoms with Crippen LogP contribution in [0.15, 0.2) is 23.3 Å². The molecule has 0 aromatic heterocycles. The molecule has 0 aromatic rings. The molecule has 0 spiro atoms. The highest BCUT2D eigenvalue weighted by atomic mass is 16.5.